The monoisotopic (exact) mass is 421 g/mol. The van der Waals surface area contributed by atoms with Crippen LogP contribution in [0.1, 0.15) is 30.1 Å². The molecule has 1 amide bonds. The number of anilines is 1. The standard InChI is InChI=1S/C22H27N7O2/c23-14-18(13-20-15-31-28-27-20)22(30)26-21(16-1-2-16)17-3-5-19(6-4-17)25-9-12-29-10-7-24-8-11-29/h3-6,13,15-16,21,24-25H,1-2,7-12H2,(H,26,30)/b18-13+. The van der Waals surface area contributed by atoms with E-state index in [9.17, 15) is 10.1 Å². The van der Waals surface area contributed by atoms with Crippen LogP contribution in [-0.4, -0.2) is 60.4 Å². The minimum absolute atomic E-state index is 0.0208. The van der Waals surface area contributed by atoms with Gasteiger partial charge in [0, 0.05) is 50.2 Å². The Morgan fingerprint density at radius 2 is 2.10 bits per heavy atom. The molecule has 2 aromatic rings. The normalized spacial score (nSPS) is 18.2. The molecule has 162 valence electrons. The molecule has 0 bridgehead atoms. The number of carbonyl (C=O) groups is 1. The van der Waals surface area contributed by atoms with Crippen molar-refractivity contribution in [1.29, 1.82) is 5.26 Å². The van der Waals surface area contributed by atoms with Gasteiger partial charge >= 0.3 is 0 Å². The molecule has 4 rings (SSSR count). The van der Waals surface area contributed by atoms with Crippen LogP contribution in [0.25, 0.3) is 6.08 Å². The Morgan fingerprint density at radius 3 is 2.74 bits per heavy atom. The van der Waals surface area contributed by atoms with Gasteiger partial charge in [-0.05, 0) is 42.5 Å². The number of nitrogens with one attached hydrogen (secondary N) is 3. The van der Waals surface area contributed by atoms with Crippen LogP contribution in [0.2, 0.25) is 0 Å². The highest BCUT2D eigenvalue weighted by atomic mass is 16.5. The second-order valence-electron chi connectivity index (χ2n) is 7.93. The molecule has 0 radical (unpaired) electrons. The summed E-state index contributed by atoms with van der Waals surface area (Å²) < 4.78 is 4.65. The molecule has 2 heterocycles. The van der Waals surface area contributed by atoms with Crippen molar-refractivity contribution >= 4 is 17.7 Å². The number of amides is 1. The van der Waals surface area contributed by atoms with E-state index in [1.165, 1.54) is 12.3 Å². The van der Waals surface area contributed by atoms with Gasteiger partial charge in [-0.15, -0.1) is 5.10 Å². The summed E-state index contributed by atoms with van der Waals surface area (Å²) in [6.07, 6.45) is 4.79. The van der Waals surface area contributed by atoms with Crippen LogP contribution < -0.4 is 16.0 Å². The van der Waals surface area contributed by atoms with E-state index in [4.69, 9.17) is 0 Å². The van der Waals surface area contributed by atoms with Crippen LogP contribution in [-0.2, 0) is 4.79 Å². The summed E-state index contributed by atoms with van der Waals surface area (Å²) in [5, 5.41) is 26.3. The van der Waals surface area contributed by atoms with Crippen LogP contribution in [0.3, 0.4) is 0 Å². The number of rotatable bonds is 9. The number of hydrogen-bond donors (Lipinski definition) is 3. The van der Waals surface area contributed by atoms with Crippen molar-refractivity contribution in [3.05, 3.63) is 47.4 Å². The zero-order valence-electron chi connectivity index (χ0n) is 17.4. The molecule has 31 heavy (non-hydrogen) atoms. The number of benzene rings is 1. The molecule has 1 aromatic heterocycles. The van der Waals surface area contributed by atoms with Crippen molar-refractivity contribution in [1.82, 2.24) is 25.9 Å². The summed E-state index contributed by atoms with van der Waals surface area (Å²) in [5.74, 6) is -0.0234. The van der Waals surface area contributed by atoms with Gasteiger partial charge < -0.3 is 20.5 Å². The zero-order valence-corrected chi connectivity index (χ0v) is 17.4. The molecule has 1 aliphatic carbocycles. The van der Waals surface area contributed by atoms with Crippen molar-refractivity contribution in [3.8, 4) is 6.07 Å². The molecule has 1 aliphatic heterocycles. The van der Waals surface area contributed by atoms with Crippen molar-refractivity contribution in [2.75, 3.05) is 44.6 Å². The molecule has 2 aliphatic rings. The van der Waals surface area contributed by atoms with Gasteiger partial charge in [0.05, 0.1) is 6.04 Å². The summed E-state index contributed by atoms with van der Waals surface area (Å²) in [5.41, 5.74) is 2.43. The number of piperazine rings is 1. The highest BCUT2D eigenvalue weighted by molar-refractivity contribution is 6.01. The topological polar surface area (TPSA) is 119 Å². The first-order valence-electron chi connectivity index (χ1n) is 10.7. The highest BCUT2D eigenvalue weighted by Crippen LogP contribution is 2.41. The molecule has 2 fully saturated rings. The zero-order chi connectivity index (χ0) is 21.5. The van der Waals surface area contributed by atoms with E-state index >= 15 is 0 Å². The Labute approximate surface area is 181 Å². The molecular formula is C22H27N7O2. The van der Waals surface area contributed by atoms with Gasteiger partial charge in [0.2, 0.25) is 0 Å². The number of carbonyl (C=O) groups excluding carboxylic acids is 1. The first-order valence-corrected chi connectivity index (χ1v) is 10.7. The van der Waals surface area contributed by atoms with Crippen molar-refractivity contribution < 1.29 is 9.32 Å². The Balaban J connectivity index is 1.34. The van der Waals surface area contributed by atoms with Crippen LogP contribution in [0.4, 0.5) is 5.69 Å². The Bertz CT molecular complexity index is 924. The van der Waals surface area contributed by atoms with Gasteiger partial charge in [0.25, 0.3) is 5.91 Å². The SMILES string of the molecule is N#C/C(=C\c1conn1)C(=O)NC(c1ccc(NCCN2CCNCC2)cc1)C1CC1. The molecule has 0 spiro atoms. The molecule has 3 N–H and O–H groups in total. The molecule has 1 saturated carbocycles. The number of nitrogens with zero attached hydrogens (tertiary/aromatic N) is 4. The molecular weight excluding hydrogens is 394 g/mol. The second kappa shape index (κ2) is 10.2. The van der Waals surface area contributed by atoms with Crippen LogP contribution in [0, 0.1) is 17.2 Å². The van der Waals surface area contributed by atoms with Crippen LogP contribution in [0.15, 0.2) is 40.6 Å². The maximum atomic E-state index is 12.7. The largest absolute Gasteiger partial charge is 0.384 e. The maximum Gasteiger partial charge on any atom is 0.262 e. The molecule has 9 nitrogen and oxygen atoms in total. The summed E-state index contributed by atoms with van der Waals surface area (Å²) in [7, 11) is 0. The molecule has 1 unspecified atom stereocenters. The van der Waals surface area contributed by atoms with E-state index in [2.05, 4.69) is 47.9 Å². The van der Waals surface area contributed by atoms with E-state index in [-0.39, 0.29) is 11.6 Å². The van der Waals surface area contributed by atoms with Gasteiger partial charge in [-0.2, -0.15) is 5.26 Å². The first kappa shape index (κ1) is 21.0. The third-order valence-electron chi connectivity index (χ3n) is 5.65. The molecule has 1 saturated heterocycles. The Morgan fingerprint density at radius 1 is 1.32 bits per heavy atom. The molecule has 1 atom stereocenters. The van der Waals surface area contributed by atoms with Crippen molar-refractivity contribution in [3.63, 3.8) is 0 Å². The van der Waals surface area contributed by atoms with Gasteiger partial charge in [0.15, 0.2) is 6.26 Å². The lowest BCUT2D eigenvalue weighted by atomic mass is 10.0. The fourth-order valence-electron chi connectivity index (χ4n) is 3.75. The van der Waals surface area contributed by atoms with Gasteiger partial charge in [-0.1, -0.05) is 12.1 Å². The predicted octanol–water partition coefficient (Wildman–Crippen LogP) is 1.56. The number of nitriles is 1. The number of hydrogen-bond acceptors (Lipinski definition) is 8. The van der Waals surface area contributed by atoms with Gasteiger partial charge in [-0.25, -0.2) is 0 Å². The predicted molar refractivity (Wildman–Crippen MR) is 116 cm³/mol. The third kappa shape index (κ3) is 5.90. The maximum absolute atomic E-state index is 12.7. The summed E-state index contributed by atoms with van der Waals surface area (Å²) in [6.45, 7) is 6.22. The minimum Gasteiger partial charge on any atom is -0.384 e. The Kier molecular flexibility index (Phi) is 6.92. The molecule has 9 heteroatoms. The summed E-state index contributed by atoms with van der Waals surface area (Å²) in [6, 6.07) is 10.0. The lowest BCUT2D eigenvalue weighted by Crippen LogP contribution is -2.45. The lowest BCUT2D eigenvalue weighted by Gasteiger charge is -2.27. The quantitative estimate of drug-likeness (QED) is 0.412. The molecule has 1 aromatic carbocycles. The second-order valence-corrected chi connectivity index (χ2v) is 7.93. The van der Waals surface area contributed by atoms with Crippen LogP contribution in [0.5, 0.6) is 0 Å². The highest BCUT2D eigenvalue weighted by Gasteiger charge is 2.34. The van der Waals surface area contributed by atoms with Crippen molar-refractivity contribution in [2.45, 2.75) is 18.9 Å². The Hall–Kier alpha value is -3.22. The van der Waals surface area contributed by atoms with E-state index < -0.39 is 5.91 Å². The van der Waals surface area contributed by atoms with Crippen molar-refractivity contribution in [2.24, 2.45) is 5.92 Å². The van der Waals surface area contributed by atoms with E-state index in [1.54, 1.807) is 0 Å². The van der Waals surface area contributed by atoms with Gasteiger partial charge in [0.1, 0.15) is 17.3 Å². The average molecular weight is 422 g/mol. The van der Waals surface area contributed by atoms with E-state index in [1.807, 2.05) is 18.2 Å². The smallest absolute Gasteiger partial charge is 0.262 e. The lowest BCUT2D eigenvalue weighted by molar-refractivity contribution is -0.117. The fraction of sp³-hybridized carbons (Fsp3) is 0.455. The summed E-state index contributed by atoms with van der Waals surface area (Å²) >= 11 is 0. The number of aromatic nitrogens is 2. The minimum atomic E-state index is -0.416. The third-order valence-corrected chi connectivity index (χ3v) is 5.65. The first-order chi connectivity index (χ1) is 15.2. The van der Waals surface area contributed by atoms with Crippen LogP contribution >= 0.6 is 0 Å². The fourth-order valence-corrected chi connectivity index (χ4v) is 3.75. The van der Waals surface area contributed by atoms with E-state index in [0.29, 0.717) is 11.6 Å². The van der Waals surface area contributed by atoms with Gasteiger partial charge in [-0.3, -0.25) is 9.69 Å². The summed E-state index contributed by atoms with van der Waals surface area (Å²) in [4.78, 5) is 15.1. The average Bonchev–Trinajstić information content (AvgIpc) is 3.52. The van der Waals surface area contributed by atoms with E-state index in [0.717, 1.165) is 63.4 Å².